The first-order valence-corrected chi connectivity index (χ1v) is 9.37. The smallest absolute Gasteiger partial charge is 0.352 e. The lowest BCUT2D eigenvalue weighted by molar-refractivity contribution is -0.181. The summed E-state index contributed by atoms with van der Waals surface area (Å²) in [5.41, 5.74) is 0. The number of halogens is 4. The van der Waals surface area contributed by atoms with E-state index < -0.39 is 12.2 Å². The average Bonchev–Trinajstić information content (AvgIpc) is 2.62. The molecule has 1 saturated heterocycles. The van der Waals surface area contributed by atoms with Crippen LogP contribution in [0.3, 0.4) is 0 Å². The van der Waals surface area contributed by atoms with Gasteiger partial charge in [0.1, 0.15) is 6.04 Å². The van der Waals surface area contributed by atoms with Gasteiger partial charge in [-0.25, -0.2) is 0 Å². The van der Waals surface area contributed by atoms with Crippen molar-refractivity contribution in [2.45, 2.75) is 57.3 Å². The number of rotatable bonds is 4. The molecule has 1 aliphatic heterocycles. The summed E-state index contributed by atoms with van der Waals surface area (Å²) in [7, 11) is 1.62. The molecule has 27 heavy (non-hydrogen) atoms. The van der Waals surface area contributed by atoms with Crippen molar-refractivity contribution >= 4 is 35.8 Å². The maximum atomic E-state index is 12.8. The van der Waals surface area contributed by atoms with Gasteiger partial charge in [0.25, 0.3) is 0 Å². The van der Waals surface area contributed by atoms with E-state index in [-0.39, 0.29) is 42.5 Å². The molecule has 2 aliphatic rings. The third kappa shape index (κ3) is 7.63. The van der Waals surface area contributed by atoms with E-state index in [0.29, 0.717) is 32.1 Å². The van der Waals surface area contributed by atoms with Crippen LogP contribution < -0.4 is 10.6 Å². The van der Waals surface area contributed by atoms with Gasteiger partial charge in [-0.05, 0) is 19.8 Å². The Morgan fingerprint density at radius 3 is 2.26 bits per heavy atom. The number of carbonyl (C=O) groups is 1. The molecule has 1 atom stereocenters. The van der Waals surface area contributed by atoms with Crippen molar-refractivity contribution < 1.29 is 18.0 Å². The normalized spacial score (nSPS) is 21.4. The second-order valence-corrected chi connectivity index (χ2v) is 7.04. The fourth-order valence-corrected chi connectivity index (χ4v) is 3.55. The minimum atomic E-state index is -4.21. The van der Waals surface area contributed by atoms with Crippen LogP contribution in [-0.2, 0) is 4.79 Å². The summed E-state index contributed by atoms with van der Waals surface area (Å²) in [4.78, 5) is 19.6. The van der Waals surface area contributed by atoms with Gasteiger partial charge >= 0.3 is 6.18 Å². The van der Waals surface area contributed by atoms with Crippen LogP contribution in [-0.4, -0.2) is 79.7 Å². The minimum Gasteiger partial charge on any atom is -0.352 e. The molecule has 158 valence electrons. The Bertz CT molecular complexity index is 489. The SMILES string of the molecule is CN=C(NCC(=O)NC1CCCCC1)N1CCN(C(C)C(F)(F)F)CC1.I. The van der Waals surface area contributed by atoms with Crippen molar-refractivity contribution in [1.82, 2.24) is 20.4 Å². The third-order valence-corrected chi connectivity index (χ3v) is 5.22. The summed E-state index contributed by atoms with van der Waals surface area (Å²) >= 11 is 0. The fraction of sp³-hybridized carbons (Fsp3) is 0.882. The Kier molecular flexibility index (Phi) is 10.1. The summed E-state index contributed by atoms with van der Waals surface area (Å²) in [6, 6.07) is -1.19. The maximum Gasteiger partial charge on any atom is 0.403 e. The molecular weight excluding hydrogens is 474 g/mol. The molecule has 0 aromatic heterocycles. The van der Waals surface area contributed by atoms with Gasteiger partial charge in [-0.2, -0.15) is 13.2 Å². The fourth-order valence-electron chi connectivity index (χ4n) is 3.55. The molecule has 0 aromatic carbocycles. The molecular formula is C17H31F3IN5O. The molecule has 0 spiro atoms. The number of nitrogens with zero attached hydrogens (tertiary/aromatic N) is 3. The first kappa shape index (κ1) is 24.3. The van der Waals surface area contributed by atoms with Crippen LogP contribution in [0.1, 0.15) is 39.0 Å². The Balaban J connectivity index is 0.00000364. The summed E-state index contributed by atoms with van der Waals surface area (Å²) in [6.45, 7) is 2.85. The van der Waals surface area contributed by atoms with Crippen molar-refractivity contribution in [1.29, 1.82) is 0 Å². The Morgan fingerprint density at radius 1 is 1.15 bits per heavy atom. The lowest BCUT2D eigenvalue weighted by Gasteiger charge is -2.39. The second-order valence-electron chi connectivity index (χ2n) is 7.04. The first-order chi connectivity index (χ1) is 12.3. The largest absolute Gasteiger partial charge is 0.403 e. The molecule has 0 bridgehead atoms. The number of nitrogens with one attached hydrogen (secondary N) is 2. The molecule has 2 N–H and O–H groups in total. The van der Waals surface area contributed by atoms with Crippen LogP contribution in [0.5, 0.6) is 0 Å². The van der Waals surface area contributed by atoms with Gasteiger partial charge in [0.2, 0.25) is 5.91 Å². The van der Waals surface area contributed by atoms with Gasteiger partial charge in [-0.1, -0.05) is 19.3 Å². The van der Waals surface area contributed by atoms with Gasteiger partial charge < -0.3 is 15.5 Å². The van der Waals surface area contributed by atoms with Crippen LogP contribution in [0, 0.1) is 0 Å². The van der Waals surface area contributed by atoms with E-state index in [1.807, 2.05) is 4.90 Å². The van der Waals surface area contributed by atoms with E-state index in [2.05, 4.69) is 15.6 Å². The summed E-state index contributed by atoms with van der Waals surface area (Å²) in [5.74, 6) is 0.491. The standard InChI is InChI=1S/C17H30F3N5O.HI/c1-13(17(18,19)20)24-8-10-25(11-9-24)16(21-2)22-12-15(26)23-14-6-4-3-5-7-14;/h13-14H,3-12H2,1-2H3,(H,21,22)(H,23,26);1H. The molecule has 0 radical (unpaired) electrons. The molecule has 10 heteroatoms. The number of hydrogen-bond acceptors (Lipinski definition) is 3. The number of alkyl halides is 3. The average molecular weight is 505 g/mol. The summed E-state index contributed by atoms with van der Waals surface area (Å²) < 4.78 is 38.5. The Labute approximate surface area is 176 Å². The molecule has 2 fully saturated rings. The van der Waals surface area contributed by atoms with Gasteiger partial charge in [0.05, 0.1) is 6.54 Å². The molecule has 1 aliphatic carbocycles. The Hall–Kier alpha value is -0.780. The number of piperazine rings is 1. The van der Waals surface area contributed by atoms with Crippen molar-refractivity contribution in [3.05, 3.63) is 0 Å². The molecule has 1 unspecified atom stereocenters. The van der Waals surface area contributed by atoms with Crippen molar-refractivity contribution in [2.24, 2.45) is 4.99 Å². The number of guanidine groups is 1. The van der Waals surface area contributed by atoms with Gasteiger partial charge in [-0.15, -0.1) is 24.0 Å². The zero-order chi connectivity index (χ0) is 19.2. The highest BCUT2D eigenvalue weighted by atomic mass is 127. The van der Waals surface area contributed by atoms with E-state index in [1.165, 1.54) is 18.2 Å². The van der Waals surface area contributed by atoms with Crippen molar-refractivity contribution in [3.8, 4) is 0 Å². The van der Waals surface area contributed by atoms with Crippen LogP contribution >= 0.6 is 24.0 Å². The minimum absolute atomic E-state index is 0. The Morgan fingerprint density at radius 2 is 1.74 bits per heavy atom. The van der Waals surface area contributed by atoms with E-state index in [0.717, 1.165) is 25.7 Å². The molecule has 1 heterocycles. The lowest BCUT2D eigenvalue weighted by Crippen LogP contribution is -2.57. The number of hydrogen-bond donors (Lipinski definition) is 2. The molecule has 1 amide bonds. The molecule has 6 nitrogen and oxygen atoms in total. The number of amides is 1. The van der Waals surface area contributed by atoms with Crippen molar-refractivity contribution in [3.63, 3.8) is 0 Å². The first-order valence-electron chi connectivity index (χ1n) is 9.37. The van der Waals surface area contributed by atoms with Crippen molar-refractivity contribution in [2.75, 3.05) is 39.8 Å². The van der Waals surface area contributed by atoms with Gasteiger partial charge in [-0.3, -0.25) is 14.7 Å². The quantitative estimate of drug-likeness (QED) is 0.350. The third-order valence-electron chi connectivity index (χ3n) is 5.22. The van der Waals surface area contributed by atoms with E-state index in [1.54, 1.807) is 7.05 Å². The van der Waals surface area contributed by atoms with E-state index in [9.17, 15) is 18.0 Å². The second kappa shape index (κ2) is 11.3. The monoisotopic (exact) mass is 505 g/mol. The summed E-state index contributed by atoms with van der Waals surface area (Å²) in [6.07, 6.45) is 1.39. The predicted molar refractivity (Wildman–Crippen MR) is 110 cm³/mol. The zero-order valence-electron chi connectivity index (χ0n) is 16.0. The molecule has 0 aromatic rings. The van der Waals surface area contributed by atoms with Crippen LogP contribution in [0.2, 0.25) is 0 Å². The molecule has 1 saturated carbocycles. The van der Waals surface area contributed by atoms with Crippen LogP contribution in [0.15, 0.2) is 4.99 Å². The molecule has 2 rings (SSSR count). The van der Waals surface area contributed by atoms with Crippen LogP contribution in [0.25, 0.3) is 0 Å². The highest BCUT2D eigenvalue weighted by Gasteiger charge is 2.41. The zero-order valence-corrected chi connectivity index (χ0v) is 18.3. The van der Waals surface area contributed by atoms with Gasteiger partial charge in [0, 0.05) is 39.3 Å². The maximum absolute atomic E-state index is 12.8. The number of carbonyl (C=O) groups excluding carboxylic acids is 1. The lowest BCUT2D eigenvalue weighted by atomic mass is 9.95. The predicted octanol–water partition coefficient (Wildman–Crippen LogP) is 2.20. The highest BCUT2D eigenvalue weighted by molar-refractivity contribution is 14.0. The summed E-state index contributed by atoms with van der Waals surface area (Å²) in [5, 5.41) is 6.06. The topological polar surface area (TPSA) is 60.0 Å². The van der Waals surface area contributed by atoms with E-state index in [4.69, 9.17) is 0 Å². The number of aliphatic imine (C=N–C) groups is 1. The van der Waals surface area contributed by atoms with Crippen LogP contribution in [0.4, 0.5) is 13.2 Å². The highest BCUT2D eigenvalue weighted by Crippen LogP contribution is 2.25. The van der Waals surface area contributed by atoms with Gasteiger partial charge in [0.15, 0.2) is 5.96 Å². The van der Waals surface area contributed by atoms with E-state index >= 15 is 0 Å².